The zero-order valence-electron chi connectivity index (χ0n) is 10.5. The maximum Gasteiger partial charge on any atom is 0.0460 e. The van der Waals surface area contributed by atoms with Gasteiger partial charge in [-0.15, -0.1) is 0 Å². The molecule has 1 aromatic heterocycles. The summed E-state index contributed by atoms with van der Waals surface area (Å²) in [6.07, 6.45) is 5.68. The van der Waals surface area contributed by atoms with Crippen molar-refractivity contribution in [2.45, 2.75) is 13.3 Å². The summed E-state index contributed by atoms with van der Waals surface area (Å²) in [5.74, 6) is 0. The number of nitrogens with zero attached hydrogens (tertiary/aromatic N) is 1. The first kappa shape index (κ1) is 10.6. The van der Waals surface area contributed by atoms with E-state index in [2.05, 4.69) is 54.3 Å². The lowest BCUT2D eigenvalue weighted by molar-refractivity contribution is 0.373. The van der Waals surface area contributed by atoms with Gasteiger partial charge >= 0.3 is 0 Å². The van der Waals surface area contributed by atoms with Crippen LogP contribution in [0.5, 0.6) is 0 Å². The molecule has 3 rings (SSSR count). The molecule has 1 aromatic carbocycles. The van der Waals surface area contributed by atoms with E-state index >= 15 is 0 Å². The first-order valence-electron chi connectivity index (χ1n) is 6.20. The molecular weight excluding hydrogens is 208 g/mol. The lowest BCUT2D eigenvalue weighted by Gasteiger charge is -2.22. The topological polar surface area (TPSA) is 19.0 Å². The van der Waals surface area contributed by atoms with Crippen LogP contribution in [0.2, 0.25) is 0 Å². The number of rotatable bonds is 1. The lowest BCUT2D eigenvalue weighted by atomic mass is 10.00. The van der Waals surface area contributed by atoms with E-state index in [1.165, 1.54) is 34.1 Å². The monoisotopic (exact) mass is 226 g/mol. The van der Waals surface area contributed by atoms with Gasteiger partial charge < -0.3 is 9.88 Å². The molecule has 2 heteroatoms. The molecule has 2 heterocycles. The zero-order valence-corrected chi connectivity index (χ0v) is 10.5. The SMILES string of the molecule is Cc1ccc2[nH]cc(C3=CCCN(C)C3)c2c1. The summed E-state index contributed by atoms with van der Waals surface area (Å²) in [4.78, 5) is 5.75. The fourth-order valence-electron chi connectivity index (χ4n) is 2.59. The summed E-state index contributed by atoms with van der Waals surface area (Å²) in [7, 11) is 2.19. The van der Waals surface area contributed by atoms with E-state index in [1.54, 1.807) is 0 Å². The highest BCUT2D eigenvalue weighted by molar-refractivity contribution is 5.93. The van der Waals surface area contributed by atoms with E-state index in [0.717, 1.165) is 13.0 Å². The minimum atomic E-state index is 1.06. The molecule has 88 valence electrons. The van der Waals surface area contributed by atoms with Crippen molar-refractivity contribution in [1.29, 1.82) is 0 Å². The molecule has 0 unspecified atom stereocenters. The summed E-state index contributed by atoms with van der Waals surface area (Å²) in [6, 6.07) is 6.60. The zero-order chi connectivity index (χ0) is 11.8. The number of likely N-dealkylation sites (N-methyl/N-ethyl adjacent to an activating group) is 1. The number of nitrogens with one attached hydrogen (secondary N) is 1. The molecule has 0 amide bonds. The number of hydrogen-bond acceptors (Lipinski definition) is 1. The molecule has 1 aliphatic rings. The third-order valence-electron chi connectivity index (χ3n) is 3.53. The van der Waals surface area contributed by atoms with Gasteiger partial charge in [-0.25, -0.2) is 0 Å². The molecule has 2 aromatic rings. The van der Waals surface area contributed by atoms with Crippen molar-refractivity contribution >= 4 is 16.5 Å². The van der Waals surface area contributed by atoms with Crippen molar-refractivity contribution < 1.29 is 0 Å². The predicted octanol–water partition coefficient (Wildman–Crippen LogP) is 3.20. The highest BCUT2D eigenvalue weighted by Crippen LogP contribution is 2.28. The summed E-state index contributed by atoms with van der Waals surface area (Å²) < 4.78 is 0. The average molecular weight is 226 g/mol. The predicted molar refractivity (Wildman–Crippen MR) is 73.1 cm³/mol. The Bertz CT molecular complexity index is 578. The molecule has 1 N–H and O–H groups in total. The second kappa shape index (κ2) is 4.04. The summed E-state index contributed by atoms with van der Waals surface area (Å²) >= 11 is 0. The number of aryl methyl sites for hydroxylation is 1. The Morgan fingerprint density at radius 1 is 1.29 bits per heavy atom. The van der Waals surface area contributed by atoms with Gasteiger partial charge in [-0.1, -0.05) is 17.7 Å². The minimum absolute atomic E-state index is 1.06. The van der Waals surface area contributed by atoms with Crippen LogP contribution in [0, 0.1) is 6.92 Å². The van der Waals surface area contributed by atoms with Crippen LogP contribution >= 0.6 is 0 Å². The number of aromatic amines is 1. The fourth-order valence-corrected chi connectivity index (χ4v) is 2.59. The van der Waals surface area contributed by atoms with Gasteiger partial charge in [0.1, 0.15) is 0 Å². The molecule has 0 bridgehead atoms. The molecule has 0 radical (unpaired) electrons. The molecule has 0 saturated carbocycles. The van der Waals surface area contributed by atoms with Gasteiger partial charge in [-0.2, -0.15) is 0 Å². The van der Waals surface area contributed by atoms with Crippen molar-refractivity contribution in [2.24, 2.45) is 0 Å². The quantitative estimate of drug-likeness (QED) is 0.791. The molecule has 0 saturated heterocycles. The fraction of sp³-hybridized carbons (Fsp3) is 0.333. The third kappa shape index (κ3) is 1.89. The van der Waals surface area contributed by atoms with Crippen molar-refractivity contribution in [3.63, 3.8) is 0 Å². The lowest BCUT2D eigenvalue weighted by Crippen LogP contribution is -2.24. The second-order valence-corrected chi connectivity index (χ2v) is 5.01. The highest BCUT2D eigenvalue weighted by Gasteiger charge is 2.13. The highest BCUT2D eigenvalue weighted by atomic mass is 15.1. The Morgan fingerprint density at radius 3 is 3.00 bits per heavy atom. The molecule has 0 aliphatic carbocycles. The molecule has 0 spiro atoms. The standard InChI is InChI=1S/C15H18N2/c1-11-5-6-15-13(8-11)14(9-16-15)12-4-3-7-17(2)10-12/h4-6,8-9,16H,3,7,10H2,1-2H3. The maximum absolute atomic E-state index is 3.37. The third-order valence-corrected chi connectivity index (χ3v) is 3.53. The molecular formula is C15H18N2. The Kier molecular flexibility index (Phi) is 2.52. The molecule has 17 heavy (non-hydrogen) atoms. The number of fused-ring (bicyclic) bond motifs is 1. The van der Waals surface area contributed by atoms with Crippen molar-refractivity contribution in [3.05, 3.63) is 41.6 Å². The van der Waals surface area contributed by atoms with Gasteiger partial charge in [0, 0.05) is 35.8 Å². The van der Waals surface area contributed by atoms with Crippen LogP contribution in [0.25, 0.3) is 16.5 Å². The Balaban J connectivity index is 2.11. The van der Waals surface area contributed by atoms with E-state index < -0.39 is 0 Å². The van der Waals surface area contributed by atoms with Gasteiger partial charge in [0.05, 0.1) is 0 Å². The van der Waals surface area contributed by atoms with E-state index in [-0.39, 0.29) is 0 Å². The molecule has 0 fully saturated rings. The largest absolute Gasteiger partial charge is 0.361 e. The first-order chi connectivity index (χ1) is 8.24. The van der Waals surface area contributed by atoms with Gasteiger partial charge in [-0.3, -0.25) is 0 Å². The van der Waals surface area contributed by atoms with E-state index in [4.69, 9.17) is 0 Å². The van der Waals surface area contributed by atoms with Crippen LogP contribution in [0.15, 0.2) is 30.5 Å². The van der Waals surface area contributed by atoms with Crippen LogP contribution in [-0.2, 0) is 0 Å². The van der Waals surface area contributed by atoms with Gasteiger partial charge in [0.2, 0.25) is 0 Å². The van der Waals surface area contributed by atoms with E-state index in [0.29, 0.717) is 0 Å². The second-order valence-electron chi connectivity index (χ2n) is 5.01. The summed E-state index contributed by atoms with van der Waals surface area (Å²) in [5, 5.41) is 1.35. The number of H-pyrrole nitrogens is 1. The average Bonchev–Trinajstić information content (AvgIpc) is 2.71. The van der Waals surface area contributed by atoms with Crippen molar-refractivity contribution in [3.8, 4) is 0 Å². The van der Waals surface area contributed by atoms with E-state index in [9.17, 15) is 0 Å². The Hall–Kier alpha value is -1.54. The van der Waals surface area contributed by atoms with Crippen LogP contribution in [0.4, 0.5) is 0 Å². The summed E-state index contributed by atoms with van der Waals surface area (Å²) in [5.41, 5.74) is 5.38. The van der Waals surface area contributed by atoms with Gasteiger partial charge in [-0.05, 0) is 38.1 Å². The Labute approximate surface area is 102 Å². The number of benzene rings is 1. The van der Waals surface area contributed by atoms with Gasteiger partial charge in [0.15, 0.2) is 0 Å². The van der Waals surface area contributed by atoms with Crippen molar-refractivity contribution in [2.75, 3.05) is 20.1 Å². The van der Waals surface area contributed by atoms with Crippen LogP contribution in [0.1, 0.15) is 17.5 Å². The summed E-state index contributed by atoms with van der Waals surface area (Å²) in [6.45, 7) is 4.38. The van der Waals surface area contributed by atoms with Crippen molar-refractivity contribution in [1.82, 2.24) is 9.88 Å². The number of hydrogen-bond donors (Lipinski definition) is 1. The van der Waals surface area contributed by atoms with Crippen LogP contribution in [0.3, 0.4) is 0 Å². The minimum Gasteiger partial charge on any atom is -0.361 e. The smallest absolute Gasteiger partial charge is 0.0460 e. The van der Waals surface area contributed by atoms with Crippen LogP contribution < -0.4 is 0 Å². The Morgan fingerprint density at radius 2 is 2.18 bits per heavy atom. The molecule has 2 nitrogen and oxygen atoms in total. The normalized spacial score (nSPS) is 17.4. The number of aromatic nitrogens is 1. The van der Waals surface area contributed by atoms with E-state index in [1.807, 2.05) is 0 Å². The molecule has 0 atom stereocenters. The van der Waals surface area contributed by atoms with Gasteiger partial charge in [0.25, 0.3) is 0 Å². The van der Waals surface area contributed by atoms with Crippen LogP contribution in [-0.4, -0.2) is 30.0 Å². The first-order valence-corrected chi connectivity index (χ1v) is 6.20. The molecule has 1 aliphatic heterocycles. The maximum atomic E-state index is 3.37.